The molecule has 3 fully saturated rings. The summed E-state index contributed by atoms with van der Waals surface area (Å²) < 4.78 is 5.05. The van der Waals surface area contributed by atoms with E-state index in [2.05, 4.69) is 5.16 Å². The molecule has 2 heterocycles. The van der Waals surface area contributed by atoms with Gasteiger partial charge < -0.3 is 9.57 Å². The second kappa shape index (κ2) is 6.90. The lowest BCUT2D eigenvalue weighted by Crippen LogP contribution is -2.41. The van der Waals surface area contributed by atoms with Crippen molar-refractivity contribution in [1.82, 2.24) is 0 Å². The zero-order chi connectivity index (χ0) is 22.1. The van der Waals surface area contributed by atoms with Gasteiger partial charge in [-0.05, 0) is 42.7 Å². The summed E-state index contributed by atoms with van der Waals surface area (Å²) in [5, 5.41) is 4.93. The van der Waals surface area contributed by atoms with Gasteiger partial charge in [-0.2, -0.15) is 0 Å². The molecule has 2 saturated carbocycles. The lowest BCUT2D eigenvalue weighted by molar-refractivity contribution is -0.132. The van der Waals surface area contributed by atoms with Gasteiger partial charge in [0.05, 0.1) is 23.2 Å². The molecule has 0 spiro atoms. The fourth-order valence-corrected chi connectivity index (χ4v) is 6.33. The van der Waals surface area contributed by atoms with Crippen molar-refractivity contribution < 1.29 is 24.0 Å². The number of nitrogens with zero attached hydrogens (tertiary/aromatic N) is 2. The molecule has 2 amide bonds. The highest BCUT2D eigenvalue weighted by molar-refractivity contribution is 6.34. The predicted molar refractivity (Wildman–Crippen MR) is 115 cm³/mol. The van der Waals surface area contributed by atoms with E-state index in [1.807, 2.05) is 24.3 Å². The molecule has 0 N–H and O–H groups in total. The molecule has 7 nitrogen and oxygen atoms in total. The summed E-state index contributed by atoms with van der Waals surface area (Å²) in [4.78, 5) is 45.1. The fraction of sp³-hybridized carbons (Fsp3) is 0.333. The molecule has 1 saturated heterocycles. The largest absolute Gasteiger partial charge is 0.427 e. The number of ether oxygens (including phenoxy) is 1. The Hall–Kier alpha value is -3.19. The smallest absolute Gasteiger partial charge is 0.308 e. The van der Waals surface area contributed by atoms with Gasteiger partial charge in [0.2, 0.25) is 11.8 Å². The zero-order valence-corrected chi connectivity index (χ0v) is 17.9. The van der Waals surface area contributed by atoms with Crippen molar-refractivity contribution in [2.24, 2.45) is 34.7 Å². The molecule has 0 radical (unpaired) electrons. The van der Waals surface area contributed by atoms with E-state index in [9.17, 15) is 14.4 Å². The Labute approximate surface area is 188 Å². The molecule has 2 aromatic carbocycles. The van der Waals surface area contributed by atoms with Crippen LogP contribution in [0.15, 0.2) is 53.7 Å². The number of imide groups is 1. The average molecular weight is 451 g/mol. The van der Waals surface area contributed by atoms with E-state index >= 15 is 0 Å². The molecule has 2 bridgehead atoms. The Morgan fingerprint density at radius 3 is 2.41 bits per heavy atom. The highest BCUT2D eigenvalue weighted by Crippen LogP contribution is 2.62. The van der Waals surface area contributed by atoms with Crippen LogP contribution in [0.1, 0.15) is 18.9 Å². The number of carbonyl (C=O) groups is 3. The molecule has 6 rings (SSSR count). The lowest BCUT2D eigenvalue weighted by Gasteiger charge is -2.30. The van der Waals surface area contributed by atoms with E-state index < -0.39 is 17.8 Å². The Morgan fingerprint density at radius 1 is 1.03 bits per heavy atom. The van der Waals surface area contributed by atoms with Gasteiger partial charge in [0, 0.05) is 29.3 Å². The van der Waals surface area contributed by atoms with Gasteiger partial charge in [-0.1, -0.05) is 35.0 Å². The molecule has 8 heteroatoms. The predicted octanol–water partition coefficient (Wildman–Crippen LogP) is 3.44. The van der Waals surface area contributed by atoms with Crippen LogP contribution in [0.5, 0.6) is 5.75 Å². The summed E-state index contributed by atoms with van der Waals surface area (Å²) in [7, 11) is 0. The summed E-state index contributed by atoms with van der Waals surface area (Å²) in [6.07, 6.45) is 0.556. The monoisotopic (exact) mass is 450 g/mol. The van der Waals surface area contributed by atoms with E-state index in [1.165, 1.54) is 11.8 Å². The third-order valence-electron chi connectivity index (χ3n) is 7.20. The van der Waals surface area contributed by atoms with Crippen LogP contribution >= 0.6 is 11.6 Å². The second-order valence-corrected chi connectivity index (χ2v) is 9.17. The Morgan fingerprint density at radius 2 is 1.72 bits per heavy atom. The van der Waals surface area contributed by atoms with Gasteiger partial charge in [0.1, 0.15) is 11.9 Å². The maximum Gasteiger partial charge on any atom is 0.308 e. The molecule has 0 aromatic heterocycles. The Kier molecular flexibility index (Phi) is 4.21. The van der Waals surface area contributed by atoms with Crippen LogP contribution in [0.25, 0.3) is 0 Å². The number of rotatable bonds is 3. The second-order valence-electron chi connectivity index (χ2n) is 8.77. The molecular formula is C24H19ClN2O5. The molecule has 32 heavy (non-hydrogen) atoms. The topological polar surface area (TPSA) is 85.3 Å². The molecule has 2 aliphatic heterocycles. The number of amides is 2. The number of esters is 1. The fourth-order valence-electron chi connectivity index (χ4n) is 6.10. The molecule has 0 unspecified atom stereocenters. The number of hydrogen-bond donors (Lipinski definition) is 0. The summed E-state index contributed by atoms with van der Waals surface area (Å²) in [6, 6.07) is 13.9. The Bertz CT molecular complexity index is 1190. The van der Waals surface area contributed by atoms with E-state index in [1.54, 1.807) is 24.3 Å². The number of oxime groups is 1. The van der Waals surface area contributed by atoms with Gasteiger partial charge in [-0.25, -0.2) is 0 Å². The van der Waals surface area contributed by atoms with Crippen molar-refractivity contribution in [3.8, 4) is 5.75 Å². The number of benzene rings is 2. The first-order valence-corrected chi connectivity index (χ1v) is 11.0. The minimum atomic E-state index is -0.431. The highest BCUT2D eigenvalue weighted by atomic mass is 35.5. The quantitative estimate of drug-likeness (QED) is 0.406. The molecule has 4 aliphatic rings. The zero-order valence-electron chi connectivity index (χ0n) is 17.1. The summed E-state index contributed by atoms with van der Waals surface area (Å²) >= 11 is 6.41. The van der Waals surface area contributed by atoms with Crippen LogP contribution < -0.4 is 9.64 Å². The molecule has 2 aliphatic carbocycles. The van der Waals surface area contributed by atoms with E-state index in [4.69, 9.17) is 21.2 Å². The van der Waals surface area contributed by atoms with E-state index in [-0.39, 0.29) is 35.7 Å². The van der Waals surface area contributed by atoms with E-state index in [0.29, 0.717) is 16.5 Å². The van der Waals surface area contributed by atoms with Gasteiger partial charge in [0.15, 0.2) is 0 Å². The van der Waals surface area contributed by atoms with E-state index in [0.717, 1.165) is 17.7 Å². The van der Waals surface area contributed by atoms with Crippen LogP contribution in [0.4, 0.5) is 5.69 Å². The third kappa shape index (κ3) is 2.60. The van der Waals surface area contributed by atoms with Crippen molar-refractivity contribution in [3.05, 3.63) is 59.1 Å². The van der Waals surface area contributed by atoms with Crippen molar-refractivity contribution in [3.63, 3.8) is 0 Å². The van der Waals surface area contributed by atoms with Crippen molar-refractivity contribution in [2.45, 2.75) is 19.4 Å². The number of halogens is 1. The van der Waals surface area contributed by atoms with Crippen LogP contribution in [0.3, 0.4) is 0 Å². The summed E-state index contributed by atoms with van der Waals surface area (Å²) in [5.41, 5.74) is 2.08. The summed E-state index contributed by atoms with van der Waals surface area (Å²) in [6.45, 7) is 1.32. The van der Waals surface area contributed by atoms with Crippen molar-refractivity contribution in [2.75, 3.05) is 4.90 Å². The average Bonchev–Trinajstić information content (AvgIpc) is 3.49. The SMILES string of the molecule is CC(=O)Oc1ccc(N2C(=O)[C@@H]3[C@H]4C[C@@H]([C@@H]5ON=C(c6ccccc6Cl)[C@@H]45)[C@H]3C2=O)cc1. The molecule has 6 atom stereocenters. The van der Waals surface area contributed by atoms with Gasteiger partial charge in [-0.3, -0.25) is 19.3 Å². The van der Waals surface area contributed by atoms with Crippen LogP contribution in [-0.4, -0.2) is 29.6 Å². The maximum atomic E-state index is 13.5. The first-order chi connectivity index (χ1) is 15.5. The molecular weight excluding hydrogens is 432 g/mol. The normalized spacial score (nSPS) is 31.9. The maximum absolute atomic E-state index is 13.5. The first-order valence-electron chi connectivity index (χ1n) is 10.6. The lowest BCUT2D eigenvalue weighted by atomic mass is 9.71. The third-order valence-corrected chi connectivity index (χ3v) is 7.53. The number of hydrogen-bond acceptors (Lipinski definition) is 6. The molecule has 2 aromatic rings. The van der Waals surface area contributed by atoms with Crippen molar-refractivity contribution >= 4 is 40.8 Å². The minimum Gasteiger partial charge on any atom is -0.427 e. The standard InChI is InChI=1S/C24H19ClN2O5/c1-11(28)31-13-8-6-12(7-9-13)27-23(29)18-15-10-16(19(18)24(27)30)22-20(15)21(26-32-22)14-4-2-3-5-17(14)25/h2-9,15-16,18-20,22H,10H2,1H3/t15-,16-,18-,19-,20-,22+/m1/s1. The number of fused-ring (bicyclic) bond motifs is 8. The van der Waals surface area contributed by atoms with Gasteiger partial charge in [0.25, 0.3) is 0 Å². The van der Waals surface area contributed by atoms with Crippen LogP contribution in [0.2, 0.25) is 5.02 Å². The van der Waals surface area contributed by atoms with Gasteiger partial charge in [-0.15, -0.1) is 0 Å². The van der Waals surface area contributed by atoms with Gasteiger partial charge >= 0.3 is 5.97 Å². The Balaban J connectivity index is 1.31. The van der Waals surface area contributed by atoms with Crippen LogP contribution in [-0.2, 0) is 19.2 Å². The summed E-state index contributed by atoms with van der Waals surface area (Å²) in [5.74, 6) is -1.36. The van der Waals surface area contributed by atoms with Crippen LogP contribution in [0, 0.1) is 29.6 Å². The number of anilines is 1. The highest BCUT2D eigenvalue weighted by Gasteiger charge is 2.70. The number of carbonyl (C=O) groups excluding carboxylic acids is 3. The molecule has 162 valence electrons. The van der Waals surface area contributed by atoms with Crippen molar-refractivity contribution in [1.29, 1.82) is 0 Å². The minimum absolute atomic E-state index is 0.0192. The first kappa shape index (κ1) is 19.5.